The number of amides is 2. The highest BCUT2D eigenvalue weighted by Gasteiger charge is 2.35. The van der Waals surface area contributed by atoms with Gasteiger partial charge in [0.25, 0.3) is 0 Å². The van der Waals surface area contributed by atoms with E-state index in [1.54, 1.807) is 20.8 Å². The highest BCUT2D eigenvalue weighted by Crippen LogP contribution is 2.14. The molecule has 0 spiro atoms. The van der Waals surface area contributed by atoms with E-state index >= 15 is 0 Å². The number of carbonyl (C=O) groups is 3. The number of hydrogen-bond donors (Lipinski definition) is 0. The van der Waals surface area contributed by atoms with Gasteiger partial charge in [0.1, 0.15) is 11.6 Å². The molecule has 19 heavy (non-hydrogen) atoms. The largest absolute Gasteiger partial charge is 0.467 e. The Labute approximate surface area is 112 Å². The fraction of sp³-hybridized carbons (Fsp3) is 0.750. The number of piperazine rings is 1. The van der Waals surface area contributed by atoms with Crippen LogP contribution in [0.4, 0.5) is 4.79 Å². The summed E-state index contributed by atoms with van der Waals surface area (Å²) in [6.45, 7) is 6.00. The summed E-state index contributed by atoms with van der Waals surface area (Å²) in [6, 6.07) is -0.774. The SMILES string of the molecule is COC(=O)C1CN(C(=O)OC(C)(C)C)CCN1C=O. The van der Waals surface area contributed by atoms with Gasteiger partial charge >= 0.3 is 12.1 Å². The zero-order valence-corrected chi connectivity index (χ0v) is 11.7. The van der Waals surface area contributed by atoms with Crippen molar-refractivity contribution in [2.45, 2.75) is 32.4 Å². The number of rotatable bonds is 2. The predicted molar refractivity (Wildman–Crippen MR) is 66.4 cm³/mol. The summed E-state index contributed by atoms with van der Waals surface area (Å²) in [5.74, 6) is -0.541. The molecule has 0 N–H and O–H groups in total. The molecule has 1 heterocycles. The number of esters is 1. The van der Waals surface area contributed by atoms with Gasteiger partial charge in [0.05, 0.1) is 13.7 Å². The smallest absolute Gasteiger partial charge is 0.410 e. The molecule has 1 atom stereocenters. The van der Waals surface area contributed by atoms with Crippen LogP contribution < -0.4 is 0 Å². The number of methoxy groups -OCH3 is 1. The maximum Gasteiger partial charge on any atom is 0.410 e. The van der Waals surface area contributed by atoms with E-state index in [9.17, 15) is 14.4 Å². The van der Waals surface area contributed by atoms with Crippen molar-refractivity contribution in [2.75, 3.05) is 26.7 Å². The molecule has 0 aromatic rings. The predicted octanol–water partition coefficient (Wildman–Crippen LogP) is 0.237. The van der Waals surface area contributed by atoms with E-state index < -0.39 is 23.7 Å². The van der Waals surface area contributed by atoms with E-state index in [1.165, 1.54) is 16.9 Å². The lowest BCUT2D eigenvalue weighted by atomic mass is 10.2. The van der Waals surface area contributed by atoms with Crippen molar-refractivity contribution in [3.63, 3.8) is 0 Å². The van der Waals surface area contributed by atoms with Gasteiger partial charge in [-0.1, -0.05) is 0 Å². The number of hydrogen-bond acceptors (Lipinski definition) is 5. The molecule has 2 amide bonds. The standard InChI is InChI=1S/C12H20N2O5/c1-12(2,3)19-11(17)13-5-6-14(8-15)9(7-13)10(16)18-4/h8-9H,5-7H2,1-4H3. The number of nitrogens with zero attached hydrogens (tertiary/aromatic N) is 2. The zero-order valence-electron chi connectivity index (χ0n) is 11.7. The summed E-state index contributed by atoms with van der Waals surface area (Å²) in [6.07, 6.45) is 0.0977. The van der Waals surface area contributed by atoms with Crippen LogP contribution in [-0.2, 0) is 19.1 Å². The lowest BCUT2D eigenvalue weighted by molar-refractivity contribution is -0.152. The molecule has 0 aromatic heterocycles. The second kappa shape index (κ2) is 5.90. The highest BCUT2D eigenvalue weighted by atomic mass is 16.6. The van der Waals surface area contributed by atoms with Crippen molar-refractivity contribution in [1.82, 2.24) is 9.80 Å². The number of carbonyl (C=O) groups excluding carboxylic acids is 3. The van der Waals surface area contributed by atoms with Crippen LogP contribution in [0.1, 0.15) is 20.8 Å². The Morgan fingerprint density at radius 3 is 2.37 bits per heavy atom. The lowest BCUT2D eigenvalue weighted by Crippen LogP contribution is -2.58. The molecule has 1 rings (SSSR count). The monoisotopic (exact) mass is 272 g/mol. The maximum atomic E-state index is 11.9. The Bertz CT molecular complexity index is 364. The Morgan fingerprint density at radius 1 is 1.26 bits per heavy atom. The first-order chi connectivity index (χ1) is 8.78. The van der Waals surface area contributed by atoms with Crippen molar-refractivity contribution < 1.29 is 23.9 Å². The third-order valence-corrected chi connectivity index (χ3v) is 2.68. The molecule has 7 nitrogen and oxygen atoms in total. The van der Waals surface area contributed by atoms with Crippen LogP contribution in [-0.4, -0.2) is 66.7 Å². The van der Waals surface area contributed by atoms with E-state index in [0.29, 0.717) is 13.0 Å². The minimum atomic E-state index is -0.774. The summed E-state index contributed by atoms with van der Waals surface area (Å²) < 4.78 is 9.87. The van der Waals surface area contributed by atoms with Crippen molar-refractivity contribution in [3.8, 4) is 0 Å². The van der Waals surface area contributed by atoms with Gasteiger partial charge in [0, 0.05) is 13.1 Å². The van der Waals surface area contributed by atoms with Crippen LogP contribution in [0.2, 0.25) is 0 Å². The fourth-order valence-electron chi connectivity index (χ4n) is 1.76. The molecule has 1 aliphatic heterocycles. The molecule has 108 valence electrons. The van der Waals surface area contributed by atoms with Crippen LogP contribution in [0.3, 0.4) is 0 Å². The molecule has 0 aromatic carbocycles. The summed E-state index contributed by atoms with van der Waals surface area (Å²) >= 11 is 0. The van der Waals surface area contributed by atoms with Gasteiger partial charge in [-0.05, 0) is 20.8 Å². The molecule has 0 saturated carbocycles. The Hall–Kier alpha value is -1.79. The number of ether oxygens (including phenoxy) is 2. The average Bonchev–Trinajstić information content (AvgIpc) is 2.35. The lowest BCUT2D eigenvalue weighted by Gasteiger charge is -2.38. The first-order valence-electron chi connectivity index (χ1n) is 6.05. The van der Waals surface area contributed by atoms with Gasteiger partial charge in [-0.15, -0.1) is 0 Å². The molecule has 1 aliphatic rings. The quantitative estimate of drug-likeness (QED) is 0.531. The fourth-order valence-corrected chi connectivity index (χ4v) is 1.76. The van der Waals surface area contributed by atoms with E-state index in [-0.39, 0.29) is 13.1 Å². The van der Waals surface area contributed by atoms with E-state index in [2.05, 4.69) is 4.74 Å². The summed E-state index contributed by atoms with van der Waals surface area (Å²) in [5.41, 5.74) is -0.598. The van der Waals surface area contributed by atoms with Crippen LogP contribution in [0.15, 0.2) is 0 Å². The van der Waals surface area contributed by atoms with Gasteiger partial charge in [0.2, 0.25) is 6.41 Å². The Morgan fingerprint density at radius 2 is 1.89 bits per heavy atom. The van der Waals surface area contributed by atoms with Crippen LogP contribution >= 0.6 is 0 Å². The van der Waals surface area contributed by atoms with Gasteiger partial charge in [-0.25, -0.2) is 9.59 Å². The molecule has 1 saturated heterocycles. The summed E-state index contributed by atoms with van der Waals surface area (Å²) in [7, 11) is 1.25. The summed E-state index contributed by atoms with van der Waals surface area (Å²) in [5, 5.41) is 0. The first-order valence-corrected chi connectivity index (χ1v) is 6.05. The van der Waals surface area contributed by atoms with E-state index in [4.69, 9.17) is 4.74 Å². The van der Waals surface area contributed by atoms with E-state index in [0.717, 1.165) is 0 Å². The van der Waals surface area contributed by atoms with Crippen LogP contribution in [0, 0.1) is 0 Å². The highest BCUT2D eigenvalue weighted by molar-refractivity contribution is 5.80. The van der Waals surface area contributed by atoms with Gasteiger partial charge in [-0.2, -0.15) is 0 Å². The average molecular weight is 272 g/mol. The molecular formula is C12H20N2O5. The molecule has 0 aliphatic carbocycles. The van der Waals surface area contributed by atoms with Crippen LogP contribution in [0.5, 0.6) is 0 Å². The Kier molecular flexibility index (Phi) is 4.74. The van der Waals surface area contributed by atoms with Crippen LogP contribution in [0.25, 0.3) is 0 Å². The van der Waals surface area contributed by atoms with Crippen molar-refractivity contribution in [2.24, 2.45) is 0 Å². The van der Waals surface area contributed by atoms with Crippen molar-refractivity contribution >= 4 is 18.5 Å². The third-order valence-electron chi connectivity index (χ3n) is 2.68. The van der Waals surface area contributed by atoms with Gasteiger partial charge < -0.3 is 19.3 Å². The maximum absolute atomic E-state index is 11.9. The third kappa shape index (κ3) is 4.11. The minimum Gasteiger partial charge on any atom is -0.467 e. The second-order valence-corrected chi connectivity index (χ2v) is 5.31. The molecular weight excluding hydrogens is 252 g/mol. The zero-order chi connectivity index (χ0) is 14.6. The Balaban J connectivity index is 2.72. The van der Waals surface area contributed by atoms with Gasteiger partial charge in [-0.3, -0.25) is 4.79 Å². The van der Waals surface area contributed by atoms with E-state index in [1.807, 2.05) is 0 Å². The minimum absolute atomic E-state index is 0.0837. The van der Waals surface area contributed by atoms with Gasteiger partial charge in [0.15, 0.2) is 0 Å². The molecule has 1 unspecified atom stereocenters. The molecule has 0 radical (unpaired) electrons. The first kappa shape index (κ1) is 15.3. The van der Waals surface area contributed by atoms with Crippen molar-refractivity contribution in [1.29, 1.82) is 0 Å². The topological polar surface area (TPSA) is 76.2 Å². The van der Waals surface area contributed by atoms with Crippen molar-refractivity contribution in [3.05, 3.63) is 0 Å². The molecule has 1 fully saturated rings. The molecule has 7 heteroatoms. The normalized spacial score (nSPS) is 19.9. The molecule has 0 bridgehead atoms. The summed E-state index contributed by atoms with van der Waals surface area (Å²) in [4.78, 5) is 37.1. The second-order valence-electron chi connectivity index (χ2n) is 5.31.